The van der Waals surface area contributed by atoms with E-state index in [2.05, 4.69) is 0 Å². The molecule has 0 unspecified atom stereocenters. The number of thioether (sulfide) groups is 1. The zero-order valence-electron chi connectivity index (χ0n) is 13.1. The molecule has 1 atom stereocenters. The van der Waals surface area contributed by atoms with Gasteiger partial charge in [0.2, 0.25) is 5.91 Å². The highest BCUT2D eigenvalue weighted by molar-refractivity contribution is 7.99. The van der Waals surface area contributed by atoms with Crippen LogP contribution in [0.4, 0.5) is 5.69 Å². The van der Waals surface area contributed by atoms with Crippen molar-refractivity contribution in [2.24, 2.45) is 0 Å². The van der Waals surface area contributed by atoms with Crippen LogP contribution in [0.2, 0.25) is 0 Å². The normalized spacial score (nSPS) is 16.9. The van der Waals surface area contributed by atoms with Crippen LogP contribution in [0.1, 0.15) is 18.4 Å². The van der Waals surface area contributed by atoms with Crippen LogP contribution >= 0.6 is 11.8 Å². The maximum Gasteiger partial charge on any atom is 0.326 e. The molecule has 1 fully saturated rings. The number of carboxylic acids is 1. The molecule has 1 saturated heterocycles. The first-order valence-corrected chi connectivity index (χ1v) is 8.51. The molecule has 0 radical (unpaired) electrons. The van der Waals surface area contributed by atoms with Crippen molar-refractivity contribution in [3.63, 3.8) is 0 Å². The number of hydrogen-bond donors (Lipinski definition) is 1. The van der Waals surface area contributed by atoms with Gasteiger partial charge in [-0.3, -0.25) is 14.9 Å². The second-order valence-corrected chi connectivity index (χ2v) is 6.33. The van der Waals surface area contributed by atoms with E-state index in [9.17, 15) is 19.7 Å². The number of nitrogens with zero attached hydrogens (tertiary/aromatic N) is 2. The molecule has 0 aliphatic carbocycles. The number of rotatable bonds is 7. The van der Waals surface area contributed by atoms with Gasteiger partial charge in [-0.15, -0.1) is 11.8 Å². The number of carbonyl (C=O) groups excluding carboxylic acids is 1. The van der Waals surface area contributed by atoms with Crippen LogP contribution in [0.3, 0.4) is 0 Å². The highest BCUT2D eigenvalue weighted by atomic mass is 32.2. The summed E-state index contributed by atoms with van der Waals surface area (Å²) in [6.45, 7) is 0.463. The van der Waals surface area contributed by atoms with Gasteiger partial charge in [-0.1, -0.05) is 6.07 Å². The quantitative estimate of drug-likeness (QED) is 0.588. The van der Waals surface area contributed by atoms with Crippen LogP contribution in [0.5, 0.6) is 5.75 Å². The second-order valence-electron chi connectivity index (χ2n) is 5.34. The Bertz CT molecular complexity index is 651. The third kappa shape index (κ3) is 4.16. The van der Waals surface area contributed by atoms with E-state index in [1.807, 2.05) is 0 Å². The maximum absolute atomic E-state index is 12.1. The molecule has 1 aliphatic heterocycles. The molecule has 1 N–H and O–H groups in total. The SMILES string of the molecule is COc1ccc(CSCC(=O)N2CCC[C@@H]2C(=O)O)cc1[N+](=O)[O-]. The van der Waals surface area contributed by atoms with Crippen molar-refractivity contribution >= 4 is 29.3 Å². The van der Waals surface area contributed by atoms with Crippen molar-refractivity contribution in [3.8, 4) is 5.75 Å². The Hall–Kier alpha value is -2.29. The molecule has 0 saturated carbocycles. The molecule has 1 aromatic rings. The molecule has 24 heavy (non-hydrogen) atoms. The summed E-state index contributed by atoms with van der Waals surface area (Å²) in [4.78, 5) is 35.1. The molecule has 1 aromatic carbocycles. The number of nitro benzene ring substituents is 1. The Kier molecular flexibility index (Phi) is 6.02. The van der Waals surface area contributed by atoms with Crippen LogP contribution in [0, 0.1) is 10.1 Å². The molecule has 0 aromatic heterocycles. The molecule has 1 amide bonds. The van der Waals surface area contributed by atoms with Crippen LogP contribution < -0.4 is 4.74 Å². The van der Waals surface area contributed by atoms with Crippen LogP contribution in [0.15, 0.2) is 18.2 Å². The van der Waals surface area contributed by atoms with E-state index in [1.165, 1.54) is 35.9 Å². The van der Waals surface area contributed by atoms with Crippen molar-refractivity contribution in [3.05, 3.63) is 33.9 Å². The standard InChI is InChI=1S/C15H18N2O6S/c1-23-13-5-4-10(7-12(13)17(21)22)8-24-9-14(18)16-6-2-3-11(16)15(19)20/h4-5,7,11H,2-3,6,8-9H2,1H3,(H,19,20)/t11-/m1/s1. The molecular formula is C15H18N2O6S. The number of benzene rings is 1. The Morgan fingerprint density at radius 3 is 2.88 bits per heavy atom. The number of likely N-dealkylation sites (tertiary alicyclic amines) is 1. The molecule has 0 bridgehead atoms. The highest BCUT2D eigenvalue weighted by Crippen LogP contribution is 2.29. The van der Waals surface area contributed by atoms with Crippen molar-refractivity contribution < 1.29 is 24.4 Å². The predicted molar refractivity (Wildman–Crippen MR) is 88.2 cm³/mol. The van der Waals surface area contributed by atoms with Crippen molar-refractivity contribution in [2.75, 3.05) is 19.4 Å². The van der Waals surface area contributed by atoms with Crippen LogP contribution in [0.25, 0.3) is 0 Å². The van der Waals surface area contributed by atoms with Gasteiger partial charge in [0.1, 0.15) is 6.04 Å². The van der Waals surface area contributed by atoms with E-state index < -0.39 is 16.9 Å². The average molecular weight is 354 g/mol. The summed E-state index contributed by atoms with van der Waals surface area (Å²) >= 11 is 1.30. The van der Waals surface area contributed by atoms with Gasteiger partial charge < -0.3 is 14.7 Å². The fourth-order valence-corrected chi connectivity index (χ4v) is 3.49. The Balaban J connectivity index is 1.92. The van der Waals surface area contributed by atoms with Gasteiger partial charge in [-0.05, 0) is 24.5 Å². The van der Waals surface area contributed by atoms with Crippen molar-refractivity contribution in [1.82, 2.24) is 4.90 Å². The average Bonchev–Trinajstić information content (AvgIpc) is 3.04. The van der Waals surface area contributed by atoms with Gasteiger partial charge in [-0.25, -0.2) is 4.79 Å². The van der Waals surface area contributed by atoms with E-state index in [0.29, 0.717) is 30.7 Å². The Morgan fingerprint density at radius 2 is 2.25 bits per heavy atom. The molecular weight excluding hydrogens is 336 g/mol. The lowest BCUT2D eigenvalue weighted by Crippen LogP contribution is -2.41. The third-order valence-corrected chi connectivity index (χ3v) is 4.78. The first kappa shape index (κ1) is 18.1. The second kappa shape index (κ2) is 8.00. The van der Waals surface area contributed by atoms with E-state index in [4.69, 9.17) is 9.84 Å². The van der Waals surface area contributed by atoms with Gasteiger partial charge in [0.05, 0.1) is 17.8 Å². The summed E-state index contributed by atoms with van der Waals surface area (Å²) in [7, 11) is 1.37. The minimum absolute atomic E-state index is 0.118. The fourth-order valence-electron chi connectivity index (χ4n) is 2.63. The highest BCUT2D eigenvalue weighted by Gasteiger charge is 2.33. The lowest BCUT2D eigenvalue weighted by molar-refractivity contribution is -0.385. The predicted octanol–water partition coefficient (Wildman–Crippen LogP) is 1.91. The number of carboxylic acid groups (broad SMARTS) is 1. The monoisotopic (exact) mass is 354 g/mol. The number of nitro groups is 1. The molecule has 1 aliphatic rings. The topological polar surface area (TPSA) is 110 Å². The molecule has 1 heterocycles. The van der Waals surface area contributed by atoms with E-state index in [0.717, 1.165) is 0 Å². The summed E-state index contributed by atoms with van der Waals surface area (Å²) in [6, 6.07) is 3.92. The first-order chi connectivity index (χ1) is 11.4. The van der Waals surface area contributed by atoms with Crippen LogP contribution in [-0.2, 0) is 15.3 Å². The van der Waals surface area contributed by atoms with E-state index in [-0.39, 0.29) is 23.1 Å². The van der Waals surface area contributed by atoms with Gasteiger partial charge in [0, 0.05) is 18.4 Å². The zero-order valence-corrected chi connectivity index (χ0v) is 14.0. The lowest BCUT2D eigenvalue weighted by Gasteiger charge is -2.21. The number of amides is 1. The number of aliphatic carboxylic acids is 1. The van der Waals surface area contributed by atoms with Crippen LogP contribution in [-0.4, -0.2) is 52.3 Å². The minimum atomic E-state index is -0.975. The Morgan fingerprint density at radius 1 is 1.50 bits per heavy atom. The summed E-state index contributed by atoms with van der Waals surface area (Å²) < 4.78 is 4.94. The molecule has 2 rings (SSSR count). The zero-order chi connectivity index (χ0) is 17.7. The summed E-state index contributed by atoms with van der Waals surface area (Å²) in [5.74, 6) is -0.443. The minimum Gasteiger partial charge on any atom is -0.490 e. The molecule has 0 spiro atoms. The Labute approximate surface area is 142 Å². The lowest BCUT2D eigenvalue weighted by atomic mass is 10.2. The molecule has 130 valence electrons. The summed E-state index contributed by atoms with van der Waals surface area (Å²) in [6.07, 6.45) is 1.18. The summed E-state index contributed by atoms with van der Waals surface area (Å²) in [5.41, 5.74) is 0.587. The summed E-state index contributed by atoms with van der Waals surface area (Å²) in [5, 5.41) is 20.1. The first-order valence-electron chi connectivity index (χ1n) is 7.35. The van der Waals surface area contributed by atoms with E-state index >= 15 is 0 Å². The number of methoxy groups -OCH3 is 1. The third-order valence-electron chi connectivity index (χ3n) is 3.79. The smallest absolute Gasteiger partial charge is 0.326 e. The van der Waals surface area contributed by atoms with Gasteiger partial charge in [-0.2, -0.15) is 0 Å². The maximum atomic E-state index is 12.1. The fraction of sp³-hybridized carbons (Fsp3) is 0.467. The van der Waals surface area contributed by atoms with Crippen molar-refractivity contribution in [1.29, 1.82) is 0 Å². The van der Waals surface area contributed by atoms with Crippen molar-refractivity contribution in [2.45, 2.75) is 24.6 Å². The number of carbonyl (C=O) groups is 2. The van der Waals surface area contributed by atoms with Gasteiger partial charge in [0.25, 0.3) is 0 Å². The molecule has 8 nitrogen and oxygen atoms in total. The largest absolute Gasteiger partial charge is 0.490 e. The molecule has 9 heteroatoms. The number of ether oxygens (including phenoxy) is 1. The number of hydrogen-bond acceptors (Lipinski definition) is 6. The van der Waals surface area contributed by atoms with E-state index in [1.54, 1.807) is 6.07 Å². The van der Waals surface area contributed by atoms with Gasteiger partial charge >= 0.3 is 11.7 Å². The van der Waals surface area contributed by atoms with Gasteiger partial charge in [0.15, 0.2) is 5.75 Å².